The average Bonchev–Trinajstić information content (AvgIpc) is 3.03. The smallest absolute Gasteiger partial charge is 0.250 e. The molecule has 2 atom stereocenters. The Morgan fingerprint density at radius 3 is 2.52 bits per heavy atom. The Labute approximate surface area is 160 Å². The largest absolute Gasteiger partial charge is 0.369 e. The number of benzene rings is 1. The zero-order valence-corrected chi connectivity index (χ0v) is 15.9. The van der Waals surface area contributed by atoms with Gasteiger partial charge in [0.25, 0.3) is 0 Å². The van der Waals surface area contributed by atoms with Crippen LogP contribution in [0.25, 0.3) is 0 Å². The maximum absolute atomic E-state index is 12.8. The number of nitrogens with two attached hydrogens (primary N) is 1. The van der Waals surface area contributed by atoms with Crippen molar-refractivity contribution in [2.75, 3.05) is 37.3 Å². The Balaban J connectivity index is 1.36. The maximum Gasteiger partial charge on any atom is 0.250 e. The van der Waals surface area contributed by atoms with Gasteiger partial charge in [0, 0.05) is 38.1 Å². The van der Waals surface area contributed by atoms with Crippen molar-refractivity contribution in [3.05, 3.63) is 24.3 Å². The molecule has 1 spiro atoms. The van der Waals surface area contributed by atoms with Crippen molar-refractivity contribution >= 4 is 23.2 Å². The number of fused-ring (bicyclic) bond motifs is 1. The summed E-state index contributed by atoms with van der Waals surface area (Å²) in [6, 6.07) is 8.43. The first-order valence-electron chi connectivity index (χ1n) is 9.91. The molecule has 146 valence electrons. The van der Waals surface area contributed by atoms with E-state index in [0.717, 1.165) is 24.2 Å². The number of hydrogen-bond acceptors (Lipinski definition) is 5. The summed E-state index contributed by atoms with van der Waals surface area (Å²) in [7, 11) is 2.07. The number of anilines is 2. The number of amides is 2. The van der Waals surface area contributed by atoms with Crippen LogP contribution in [-0.4, -0.2) is 65.9 Å². The second kappa shape index (κ2) is 7.13. The first-order valence-corrected chi connectivity index (χ1v) is 9.91. The first kappa shape index (κ1) is 18.3. The summed E-state index contributed by atoms with van der Waals surface area (Å²) in [4.78, 5) is 29.7. The number of nitrogens with zero attached hydrogens (tertiary/aromatic N) is 2. The van der Waals surface area contributed by atoms with Crippen molar-refractivity contribution in [3.8, 4) is 0 Å². The van der Waals surface area contributed by atoms with E-state index in [2.05, 4.69) is 22.6 Å². The van der Waals surface area contributed by atoms with Crippen LogP contribution in [0.15, 0.2) is 24.3 Å². The van der Waals surface area contributed by atoms with Crippen molar-refractivity contribution in [1.82, 2.24) is 9.80 Å². The molecule has 3 aliphatic heterocycles. The van der Waals surface area contributed by atoms with Gasteiger partial charge in [0.2, 0.25) is 11.8 Å². The molecule has 1 aromatic carbocycles. The molecular weight excluding hydrogens is 342 g/mol. The van der Waals surface area contributed by atoms with E-state index in [4.69, 9.17) is 5.73 Å². The lowest BCUT2D eigenvalue weighted by Gasteiger charge is -2.44. The molecular formula is C20H29N5O2. The molecule has 3 aliphatic rings. The predicted molar refractivity (Wildman–Crippen MR) is 105 cm³/mol. The van der Waals surface area contributed by atoms with E-state index in [1.165, 1.54) is 0 Å². The van der Waals surface area contributed by atoms with Gasteiger partial charge in [-0.05, 0) is 44.9 Å². The molecule has 2 amide bonds. The van der Waals surface area contributed by atoms with Crippen LogP contribution < -0.4 is 16.4 Å². The van der Waals surface area contributed by atoms with Crippen LogP contribution in [0, 0.1) is 0 Å². The van der Waals surface area contributed by atoms with Gasteiger partial charge in [0.15, 0.2) is 0 Å². The van der Waals surface area contributed by atoms with E-state index in [0.29, 0.717) is 44.9 Å². The normalized spacial score (nSPS) is 27.2. The van der Waals surface area contributed by atoms with Gasteiger partial charge in [0.1, 0.15) is 5.54 Å². The van der Waals surface area contributed by atoms with Crippen molar-refractivity contribution < 1.29 is 9.59 Å². The topological polar surface area (TPSA) is 90.7 Å². The van der Waals surface area contributed by atoms with Crippen LogP contribution in [0.4, 0.5) is 11.4 Å². The van der Waals surface area contributed by atoms with E-state index in [9.17, 15) is 9.59 Å². The Morgan fingerprint density at radius 1 is 1.19 bits per heavy atom. The van der Waals surface area contributed by atoms with E-state index < -0.39 is 5.54 Å². The number of hydrogen-bond donors (Lipinski definition) is 3. The maximum atomic E-state index is 12.8. The molecule has 7 nitrogen and oxygen atoms in total. The summed E-state index contributed by atoms with van der Waals surface area (Å²) in [5.41, 5.74) is 6.97. The Hall–Kier alpha value is -2.12. The number of carbonyl (C=O) groups is 2. The van der Waals surface area contributed by atoms with Crippen LogP contribution in [0.5, 0.6) is 0 Å². The van der Waals surface area contributed by atoms with E-state index in [1.807, 2.05) is 29.2 Å². The van der Waals surface area contributed by atoms with Gasteiger partial charge >= 0.3 is 0 Å². The van der Waals surface area contributed by atoms with Gasteiger partial charge < -0.3 is 21.3 Å². The summed E-state index contributed by atoms with van der Waals surface area (Å²) >= 11 is 0. The molecule has 2 fully saturated rings. The molecule has 0 aliphatic carbocycles. The number of piperidine rings is 1. The number of para-hydroxylation sites is 2. The van der Waals surface area contributed by atoms with Gasteiger partial charge in [-0.2, -0.15) is 0 Å². The van der Waals surface area contributed by atoms with Gasteiger partial charge in [-0.25, -0.2) is 0 Å². The number of likely N-dealkylation sites (N-methyl/N-ethyl adjacent to an activating group) is 1. The summed E-state index contributed by atoms with van der Waals surface area (Å²) in [6.45, 7) is 1.87. The molecule has 4 rings (SSSR count). The van der Waals surface area contributed by atoms with Crippen LogP contribution >= 0.6 is 0 Å². The number of likely N-dealkylation sites (tertiary alicyclic amines) is 2. The Kier molecular flexibility index (Phi) is 4.82. The molecule has 0 radical (unpaired) electrons. The van der Waals surface area contributed by atoms with E-state index in [-0.39, 0.29) is 17.9 Å². The van der Waals surface area contributed by atoms with Crippen LogP contribution in [0.2, 0.25) is 0 Å². The third kappa shape index (κ3) is 3.30. The zero-order valence-electron chi connectivity index (χ0n) is 15.9. The highest BCUT2D eigenvalue weighted by Crippen LogP contribution is 2.36. The minimum absolute atomic E-state index is 0.00890. The van der Waals surface area contributed by atoms with Gasteiger partial charge in [-0.3, -0.25) is 14.5 Å². The minimum atomic E-state index is -0.611. The van der Waals surface area contributed by atoms with Crippen molar-refractivity contribution in [3.63, 3.8) is 0 Å². The average molecular weight is 371 g/mol. The molecule has 27 heavy (non-hydrogen) atoms. The molecule has 0 saturated carbocycles. The lowest BCUT2D eigenvalue weighted by atomic mass is 9.84. The van der Waals surface area contributed by atoms with Crippen molar-refractivity contribution in [2.45, 2.75) is 49.7 Å². The molecule has 2 saturated heterocycles. The second-order valence-electron chi connectivity index (χ2n) is 8.08. The zero-order chi connectivity index (χ0) is 19.0. The van der Waals surface area contributed by atoms with Crippen molar-refractivity contribution in [1.29, 1.82) is 0 Å². The fourth-order valence-corrected chi connectivity index (χ4v) is 4.70. The molecule has 4 N–H and O–H groups in total. The molecule has 7 heteroatoms. The molecule has 1 aromatic rings. The summed E-state index contributed by atoms with van der Waals surface area (Å²) in [5, 5.41) is 6.46. The summed E-state index contributed by atoms with van der Waals surface area (Å²) in [6.07, 6.45) is 3.90. The fraction of sp³-hybridized carbons (Fsp3) is 0.600. The molecule has 0 unspecified atom stereocenters. The van der Waals surface area contributed by atoms with Crippen molar-refractivity contribution in [2.24, 2.45) is 5.73 Å². The minimum Gasteiger partial charge on any atom is -0.369 e. The lowest BCUT2D eigenvalue weighted by Crippen LogP contribution is -2.59. The van der Waals surface area contributed by atoms with Crippen LogP contribution in [0.3, 0.4) is 0 Å². The third-order valence-electron chi connectivity index (χ3n) is 6.62. The monoisotopic (exact) mass is 371 g/mol. The highest BCUT2D eigenvalue weighted by atomic mass is 16.2. The Morgan fingerprint density at radius 2 is 1.85 bits per heavy atom. The second-order valence-corrected chi connectivity index (χ2v) is 8.08. The van der Waals surface area contributed by atoms with E-state index in [1.54, 1.807) is 0 Å². The first-order chi connectivity index (χ1) is 13.0. The van der Waals surface area contributed by atoms with Gasteiger partial charge in [0.05, 0.1) is 11.4 Å². The molecule has 3 heterocycles. The fourth-order valence-electron chi connectivity index (χ4n) is 4.70. The number of carbonyl (C=O) groups excluding carboxylic acids is 2. The molecule has 0 bridgehead atoms. The number of rotatable bonds is 3. The Bertz CT molecular complexity index is 729. The van der Waals surface area contributed by atoms with E-state index >= 15 is 0 Å². The summed E-state index contributed by atoms with van der Waals surface area (Å²) in [5.74, 6) is 0.200. The SMILES string of the molecule is CN1[C@@H](CN)CC[C@H]1CC(=O)N1CCC2(CC1)Nc1ccccc1NC2=O. The van der Waals surface area contributed by atoms with Crippen LogP contribution in [0.1, 0.15) is 32.1 Å². The third-order valence-corrected chi connectivity index (χ3v) is 6.62. The summed E-state index contributed by atoms with van der Waals surface area (Å²) < 4.78 is 0. The highest BCUT2D eigenvalue weighted by molar-refractivity contribution is 6.06. The molecule has 0 aromatic heterocycles. The highest BCUT2D eigenvalue weighted by Gasteiger charge is 2.45. The van der Waals surface area contributed by atoms with Gasteiger partial charge in [-0.1, -0.05) is 12.1 Å². The predicted octanol–water partition coefficient (Wildman–Crippen LogP) is 1.22. The number of nitrogens with one attached hydrogen (secondary N) is 2. The van der Waals surface area contributed by atoms with Crippen LogP contribution in [-0.2, 0) is 9.59 Å². The lowest BCUT2D eigenvalue weighted by molar-refractivity contribution is -0.135. The quantitative estimate of drug-likeness (QED) is 0.743. The standard InChI is InChI=1S/C20H29N5O2/c1-24-14(6-7-15(24)13-21)12-18(26)25-10-8-20(9-11-25)19(27)22-16-4-2-3-5-17(16)23-20/h2-5,14-15,23H,6-13,21H2,1H3,(H,22,27)/t14-,15+/m0/s1. The van der Waals surface area contributed by atoms with Gasteiger partial charge in [-0.15, -0.1) is 0 Å².